The van der Waals surface area contributed by atoms with Gasteiger partial charge in [0.15, 0.2) is 0 Å². The van der Waals surface area contributed by atoms with Crippen molar-refractivity contribution in [3.05, 3.63) is 21.4 Å². The standard InChI is InChI=1S/C16H26N2OS/c1-11-7-16(13(3)20-11)12(2)17-8-15-9-18-6-4-5-14(18)10-19-15/h7,12,14-15,17H,4-6,8-10H2,1-3H3. The molecule has 3 rings (SSSR count). The van der Waals surface area contributed by atoms with Gasteiger partial charge in [0.05, 0.1) is 12.7 Å². The van der Waals surface area contributed by atoms with Crippen molar-refractivity contribution in [3.63, 3.8) is 0 Å². The van der Waals surface area contributed by atoms with Gasteiger partial charge in [-0.1, -0.05) is 0 Å². The molecule has 0 amide bonds. The van der Waals surface area contributed by atoms with E-state index in [4.69, 9.17) is 4.74 Å². The van der Waals surface area contributed by atoms with Gasteiger partial charge in [-0.2, -0.15) is 0 Å². The highest BCUT2D eigenvalue weighted by Gasteiger charge is 2.32. The van der Waals surface area contributed by atoms with Crippen LogP contribution < -0.4 is 5.32 Å². The zero-order chi connectivity index (χ0) is 14.1. The molecule has 0 bridgehead atoms. The van der Waals surface area contributed by atoms with E-state index in [9.17, 15) is 0 Å². The molecule has 0 spiro atoms. The van der Waals surface area contributed by atoms with Gasteiger partial charge < -0.3 is 10.1 Å². The van der Waals surface area contributed by atoms with Gasteiger partial charge in [-0.15, -0.1) is 11.3 Å². The lowest BCUT2D eigenvalue weighted by atomic mass is 10.1. The van der Waals surface area contributed by atoms with E-state index in [1.165, 1.54) is 34.7 Å². The van der Waals surface area contributed by atoms with Crippen molar-refractivity contribution in [1.29, 1.82) is 0 Å². The van der Waals surface area contributed by atoms with Crippen LogP contribution in [-0.2, 0) is 4.74 Å². The molecule has 3 unspecified atom stereocenters. The summed E-state index contributed by atoms with van der Waals surface area (Å²) in [7, 11) is 0. The fourth-order valence-corrected chi connectivity index (χ4v) is 4.53. The molecule has 1 aromatic heterocycles. The van der Waals surface area contributed by atoms with Crippen molar-refractivity contribution in [2.24, 2.45) is 0 Å². The van der Waals surface area contributed by atoms with Crippen LogP contribution in [0.5, 0.6) is 0 Å². The molecule has 4 heteroatoms. The van der Waals surface area contributed by atoms with Gasteiger partial charge in [-0.3, -0.25) is 4.90 Å². The van der Waals surface area contributed by atoms with Crippen LogP contribution in [0.2, 0.25) is 0 Å². The minimum Gasteiger partial charge on any atom is -0.374 e. The molecule has 2 fully saturated rings. The van der Waals surface area contributed by atoms with Crippen molar-refractivity contribution >= 4 is 11.3 Å². The summed E-state index contributed by atoms with van der Waals surface area (Å²) in [6, 6.07) is 3.43. The number of fused-ring (bicyclic) bond motifs is 1. The van der Waals surface area contributed by atoms with Crippen molar-refractivity contribution in [2.45, 2.75) is 51.8 Å². The minimum atomic E-state index is 0.354. The van der Waals surface area contributed by atoms with Crippen LogP contribution in [0, 0.1) is 13.8 Å². The van der Waals surface area contributed by atoms with Crippen molar-refractivity contribution < 1.29 is 4.74 Å². The molecule has 1 N–H and O–H groups in total. The Morgan fingerprint density at radius 2 is 2.35 bits per heavy atom. The monoisotopic (exact) mass is 294 g/mol. The normalized spacial score (nSPS) is 28.6. The van der Waals surface area contributed by atoms with Gasteiger partial charge in [0, 0.05) is 34.9 Å². The van der Waals surface area contributed by atoms with Crippen LogP contribution in [0.15, 0.2) is 6.07 Å². The third kappa shape index (κ3) is 3.08. The Labute approximate surface area is 126 Å². The number of aryl methyl sites for hydroxylation is 2. The van der Waals surface area contributed by atoms with E-state index in [-0.39, 0.29) is 0 Å². The van der Waals surface area contributed by atoms with Crippen LogP contribution in [0.4, 0.5) is 0 Å². The summed E-state index contributed by atoms with van der Waals surface area (Å²) < 4.78 is 6.01. The fourth-order valence-electron chi connectivity index (χ4n) is 3.51. The first-order chi connectivity index (χ1) is 9.63. The number of thiophene rings is 1. The van der Waals surface area contributed by atoms with Crippen LogP contribution in [0.3, 0.4) is 0 Å². The minimum absolute atomic E-state index is 0.354. The maximum atomic E-state index is 6.01. The second kappa shape index (κ2) is 6.14. The van der Waals surface area contributed by atoms with E-state index in [1.807, 2.05) is 11.3 Å². The number of hydrogen-bond acceptors (Lipinski definition) is 4. The Hall–Kier alpha value is -0.420. The van der Waals surface area contributed by atoms with Gasteiger partial charge in [0.25, 0.3) is 0 Å². The predicted molar refractivity (Wildman–Crippen MR) is 84.5 cm³/mol. The second-order valence-corrected chi connectivity index (χ2v) is 7.71. The lowest BCUT2D eigenvalue weighted by Crippen LogP contribution is -2.49. The van der Waals surface area contributed by atoms with E-state index in [1.54, 1.807) is 0 Å². The second-order valence-electron chi connectivity index (χ2n) is 6.24. The summed E-state index contributed by atoms with van der Waals surface area (Å²) in [5.74, 6) is 0. The molecule has 0 saturated carbocycles. The molecule has 20 heavy (non-hydrogen) atoms. The Morgan fingerprint density at radius 3 is 3.10 bits per heavy atom. The van der Waals surface area contributed by atoms with Gasteiger partial charge in [0.1, 0.15) is 0 Å². The summed E-state index contributed by atoms with van der Waals surface area (Å²) in [6.07, 6.45) is 3.02. The molecule has 3 nitrogen and oxygen atoms in total. The van der Waals surface area contributed by atoms with Crippen molar-refractivity contribution in [2.75, 3.05) is 26.2 Å². The van der Waals surface area contributed by atoms with E-state index < -0.39 is 0 Å². The number of nitrogens with zero attached hydrogens (tertiary/aromatic N) is 1. The van der Waals surface area contributed by atoms with E-state index >= 15 is 0 Å². The molecular formula is C16H26N2OS. The Balaban J connectivity index is 1.50. The van der Waals surface area contributed by atoms with E-state index in [2.05, 4.69) is 37.1 Å². The number of nitrogens with one attached hydrogen (secondary N) is 1. The molecular weight excluding hydrogens is 268 g/mol. The molecule has 2 aliphatic heterocycles. The Kier molecular flexibility index (Phi) is 4.46. The van der Waals surface area contributed by atoms with E-state index in [0.29, 0.717) is 18.2 Å². The quantitative estimate of drug-likeness (QED) is 0.924. The maximum Gasteiger partial charge on any atom is 0.0827 e. The van der Waals surface area contributed by atoms with Crippen LogP contribution in [0.25, 0.3) is 0 Å². The summed E-state index contributed by atoms with van der Waals surface area (Å²) in [5, 5.41) is 3.66. The van der Waals surface area contributed by atoms with Gasteiger partial charge in [0.2, 0.25) is 0 Å². The zero-order valence-electron chi connectivity index (χ0n) is 12.8. The SMILES string of the molecule is Cc1cc(C(C)NCC2CN3CCCC3CO2)c(C)s1. The lowest BCUT2D eigenvalue weighted by molar-refractivity contribution is -0.0477. The highest BCUT2D eigenvalue weighted by atomic mass is 32.1. The van der Waals surface area contributed by atoms with Crippen LogP contribution in [-0.4, -0.2) is 43.3 Å². The molecule has 3 heterocycles. The predicted octanol–water partition coefficient (Wildman–Crippen LogP) is 2.88. The van der Waals surface area contributed by atoms with Crippen molar-refractivity contribution in [1.82, 2.24) is 10.2 Å². The number of hydrogen-bond donors (Lipinski definition) is 1. The molecule has 112 valence electrons. The topological polar surface area (TPSA) is 24.5 Å². The third-order valence-corrected chi connectivity index (χ3v) is 5.64. The number of rotatable bonds is 4. The first-order valence-electron chi connectivity index (χ1n) is 7.79. The van der Waals surface area contributed by atoms with Crippen molar-refractivity contribution in [3.8, 4) is 0 Å². The molecule has 2 saturated heterocycles. The highest BCUT2D eigenvalue weighted by molar-refractivity contribution is 7.12. The third-order valence-electron chi connectivity index (χ3n) is 4.66. The summed E-state index contributed by atoms with van der Waals surface area (Å²) in [6.45, 7) is 10.9. The average molecular weight is 294 g/mol. The lowest BCUT2D eigenvalue weighted by Gasteiger charge is -2.35. The molecule has 1 aromatic rings. The average Bonchev–Trinajstić information content (AvgIpc) is 3.01. The fraction of sp³-hybridized carbons (Fsp3) is 0.750. The molecule has 0 aromatic carbocycles. The molecule has 3 atom stereocenters. The molecule has 0 radical (unpaired) electrons. The summed E-state index contributed by atoms with van der Waals surface area (Å²) in [4.78, 5) is 5.45. The maximum absolute atomic E-state index is 6.01. The summed E-state index contributed by atoms with van der Waals surface area (Å²) in [5.41, 5.74) is 1.45. The smallest absolute Gasteiger partial charge is 0.0827 e. The number of ether oxygens (including phenoxy) is 1. The first-order valence-corrected chi connectivity index (χ1v) is 8.61. The first kappa shape index (κ1) is 14.5. The van der Waals surface area contributed by atoms with Crippen LogP contribution in [0.1, 0.15) is 41.1 Å². The Morgan fingerprint density at radius 1 is 1.50 bits per heavy atom. The van der Waals surface area contributed by atoms with E-state index in [0.717, 1.165) is 19.7 Å². The number of morpholine rings is 1. The van der Waals surface area contributed by atoms with Gasteiger partial charge in [-0.05, 0) is 51.8 Å². The zero-order valence-corrected chi connectivity index (χ0v) is 13.6. The summed E-state index contributed by atoms with van der Waals surface area (Å²) >= 11 is 1.89. The molecule has 2 aliphatic rings. The Bertz CT molecular complexity index is 459. The largest absolute Gasteiger partial charge is 0.374 e. The van der Waals surface area contributed by atoms with Gasteiger partial charge in [-0.25, -0.2) is 0 Å². The van der Waals surface area contributed by atoms with Crippen LogP contribution >= 0.6 is 11.3 Å². The van der Waals surface area contributed by atoms with Gasteiger partial charge >= 0.3 is 0 Å². The highest BCUT2D eigenvalue weighted by Crippen LogP contribution is 2.26. The molecule has 0 aliphatic carbocycles.